The molecule has 0 radical (unpaired) electrons. The first kappa shape index (κ1) is 17.5. The van der Waals surface area contributed by atoms with E-state index in [1.165, 1.54) is 0 Å². The molecule has 1 spiro atoms. The van der Waals surface area contributed by atoms with Crippen molar-refractivity contribution < 1.29 is 9.59 Å². The molecule has 0 bridgehead atoms. The molecule has 6 nitrogen and oxygen atoms in total. The summed E-state index contributed by atoms with van der Waals surface area (Å²) in [5, 5.41) is 3.33. The van der Waals surface area contributed by atoms with Gasteiger partial charge in [0.1, 0.15) is 0 Å². The van der Waals surface area contributed by atoms with Crippen molar-refractivity contribution in [3.05, 3.63) is 30.1 Å². The van der Waals surface area contributed by atoms with Crippen LogP contribution >= 0.6 is 0 Å². The van der Waals surface area contributed by atoms with Crippen molar-refractivity contribution in [2.45, 2.75) is 32.2 Å². The van der Waals surface area contributed by atoms with E-state index >= 15 is 0 Å². The Morgan fingerprint density at radius 1 is 1.35 bits per heavy atom. The van der Waals surface area contributed by atoms with Crippen molar-refractivity contribution in [3.63, 3.8) is 0 Å². The maximum atomic E-state index is 12.7. The molecule has 0 aromatic carbocycles. The van der Waals surface area contributed by atoms with Gasteiger partial charge in [0.05, 0.1) is 11.5 Å². The lowest BCUT2D eigenvalue weighted by molar-refractivity contribution is -0.123. The Kier molecular flexibility index (Phi) is 4.47. The average Bonchev–Trinajstić information content (AvgIpc) is 3.15. The Labute approximate surface area is 155 Å². The fraction of sp³-hybridized carbons (Fsp3) is 0.650. The van der Waals surface area contributed by atoms with Crippen LogP contribution in [0.1, 0.15) is 37.0 Å². The van der Waals surface area contributed by atoms with Gasteiger partial charge in [0.2, 0.25) is 5.91 Å². The number of pyridine rings is 1. The van der Waals surface area contributed by atoms with Crippen molar-refractivity contribution in [1.29, 1.82) is 0 Å². The van der Waals surface area contributed by atoms with E-state index in [1.54, 1.807) is 18.5 Å². The lowest BCUT2D eigenvalue weighted by Gasteiger charge is -2.42. The summed E-state index contributed by atoms with van der Waals surface area (Å²) in [7, 11) is 0. The van der Waals surface area contributed by atoms with Crippen LogP contribution in [-0.2, 0) is 4.79 Å². The number of hydrogen-bond donors (Lipinski definition) is 1. The largest absolute Gasteiger partial charge is 0.350 e. The average molecular weight is 356 g/mol. The molecular weight excluding hydrogens is 328 g/mol. The third kappa shape index (κ3) is 3.00. The third-order valence-corrected chi connectivity index (χ3v) is 6.29. The van der Waals surface area contributed by atoms with Gasteiger partial charge in [-0.15, -0.1) is 0 Å². The molecule has 2 atom stereocenters. The number of rotatable bonds is 3. The highest BCUT2D eigenvalue weighted by Crippen LogP contribution is 2.44. The fourth-order valence-corrected chi connectivity index (χ4v) is 5.08. The maximum absolute atomic E-state index is 12.7. The minimum absolute atomic E-state index is 0.0432. The number of aromatic nitrogens is 1. The van der Waals surface area contributed by atoms with Gasteiger partial charge in [0.25, 0.3) is 5.91 Å². The highest BCUT2D eigenvalue weighted by Gasteiger charge is 2.57. The monoisotopic (exact) mass is 356 g/mol. The number of nitrogens with zero attached hydrogens (tertiary/aromatic N) is 3. The lowest BCUT2D eigenvalue weighted by atomic mass is 9.75. The Balaban J connectivity index is 1.43. The standard InChI is InChI=1S/C20H28N4O2/c1-14(2)11-23-12-16-17(13-23)20(22-18(16)25)5-8-24(9-6-20)19(26)15-4-3-7-21-10-15/h3-4,7,10,14,16-17H,5-6,8-9,11-13H2,1-2H3,(H,22,25)/t16-,17+/m0/s1. The summed E-state index contributed by atoms with van der Waals surface area (Å²) in [4.78, 5) is 33.6. The van der Waals surface area contributed by atoms with Gasteiger partial charge in [-0.1, -0.05) is 13.8 Å². The first-order valence-electron chi connectivity index (χ1n) is 9.72. The predicted molar refractivity (Wildman–Crippen MR) is 98.5 cm³/mol. The molecule has 3 aliphatic heterocycles. The van der Waals surface area contributed by atoms with Crippen molar-refractivity contribution in [2.75, 3.05) is 32.7 Å². The molecule has 3 aliphatic rings. The zero-order chi connectivity index (χ0) is 18.3. The first-order valence-corrected chi connectivity index (χ1v) is 9.72. The normalized spacial score (nSPS) is 27.8. The lowest BCUT2D eigenvalue weighted by Crippen LogP contribution is -2.56. The highest BCUT2D eigenvalue weighted by molar-refractivity contribution is 5.94. The SMILES string of the molecule is CC(C)CN1C[C@@H]2C(=O)NC3(CCN(C(=O)c4cccnc4)CC3)[C@@H]2C1. The van der Waals surface area contributed by atoms with Gasteiger partial charge in [0, 0.05) is 56.6 Å². The van der Waals surface area contributed by atoms with Gasteiger partial charge in [-0.25, -0.2) is 0 Å². The smallest absolute Gasteiger partial charge is 0.255 e. The molecule has 0 unspecified atom stereocenters. The predicted octanol–water partition coefficient (Wildman–Crippen LogP) is 1.39. The molecular formula is C20H28N4O2. The topological polar surface area (TPSA) is 65.5 Å². The van der Waals surface area contributed by atoms with Crippen LogP contribution < -0.4 is 5.32 Å². The van der Waals surface area contributed by atoms with Gasteiger partial charge in [-0.2, -0.15) is 0 Å². The molecule has 140 valence electrons. The van der Waals surface area contributed by atoms with E-state index in [0.29, 0.717) is 30.5 Å². The molecule has 2 amide bonds. The van der Waals surface area contributed by atoms with Crippen LogP contribution in [-0.4, -0.2) is 64.9 Å². The van der Waals surface area contributed by atoms with Crippen LogP contribution in [0.4, 0.5) is 0 Å². The summed E-state index contributed by atoms with van der Waals surface area (Å²) >= 11 is 0. The maximum Gasteiger partial charge on any atom is 0.255 e. The van der Waals surface area contributed by atoms with Crippen LogP contribution in [0, 0.1) is 17.8 Å². The molecule has 0 aliphatic carbocycles. The van der Waals surface area contributed by atoms with E-state index in [1.807, 2.05) is 11.0 Å². The van der Waals surface area contributed by atoms with Crippen molar-refractivity contribution in [2.24, 2.45) is 17.8 Å². The molecule has 26 heavy (non-hydrogen) atoms. The number of amides is 2. The summed E-state index contributed by atoms with van der Waals surface area (Å²) in [6.45, 7) is 8.79. The van der Waals surface area contributed by atoms with E-state index in [9.17, 15) is 9.59 Å². The molecule has 1 aromatic heterocycles. The molecule has 3 saturated heterocycles. The van der Waals surface area contributed by atoms with Gasteiger partial charge in [-0.3, -0.25) is 14.6 Å². The number of piperidine rings is 1. The molecule has 4 rings (SSSR count). The van der Waals surface area contributed by atoms with E-state index in [-0.39, 0.29) is 23.3 Å². The number of likely N-dealkylation sites (tertiary alicyclic amines) is 2. The molecule has 1 aromatic rings. The summed E-state index contributed by atoms with van der Waals surface area (Å²) in [6.07, 6.45) is 5.00. The van der Waals surface area contributed by atoms with Crippen LogP contribution in [0.15, 0.2) is 24.5 Å². The van der Waals surface area contributed by atoms with Crippen LogP contribution in [0.2, 0.25) is 0 Å². The molecule has 6 heteroatoms. The summed E-state index contributed by atoms with van der Waals surface area (Å²) < 4.78 is 0. The zero-order valence-electron chi connectivity index (χ0n) is 15.6. The number of carbonyl (C=O) groups is 2. The second-order valence-corrected chi connectivity index (χ2v) is 8.50. The van der Waals surface area contributed by atoms with E-state index in [2.05, 4.69) is 29.0 Å². The number of hydrogen-bond acceptors (Lipinski definition) is 4. The Morgan fingerprint density at radius 3 is 2.77 bits per heavy atom. The minimum atomic E-state index is -0.126. The number of fused-ring (bicyclic) bond motifs is 2. The number of carbonyl (C=O) groups excluding carboxylic acids is 2. The third-order valence-electron chi connectivity index (χ3n) is 6.29. The van der Waals surface area contributed by atoms with Crippen molar-refractivity contribution >= 4 is 11.8 Å². The van der Waals surface area contributed by atoms with E-state index in [0.717, 1.165) is 32.5 Å². The molecule has 3 fully saturated rings. The number of nitrogens with one attached hydrogen (secondary N) is 1. The Bertz CT molecular complexity index is 682. The summed E-state index contributed by atoms with van der Waals surface area (Å²) in [5.41, 5.74) is 0.514. The molecule has 1 N–H and O–H groups in total. The molecule has 4 heterocycles. The van der Waals surface area contributed by atoms with Gasteiger partial charge >= 0.3 is 0 Å². The minimum Gasteiger partial charge on any atom is -0.350 e. The van der Waals surface area contributed by atoms with Crippen LogP contribution in [0.5, 0.6) is 0 Å². The van der Waals surface area contributed by atoms with E-state index in [4.69, 9.17) is 0 Å². The van der Waals surface area contributed by atoms with Crippen LogP contribution in [0.3, 0.4) is 0 Å². The first-order chi connectivity index (χ1) is 12.5. The fourth-order valence-electron chi connectivity index (χ4n) is 5.08. The van der Waals surface area contributed by atoms with Gasteiger partial charge < -0.3 is 15.1 Å². The summed E-state index contributed by atoms with van der Waals surface area (Å²) in [5.74, 6) is 1.38. The van der Waals surface area contributed by atoms with Gasteiger partial charge in [-0.05, 0) is 30.9 Å². The highest BCUT2D eigenvalue weighted by atomic mass is 16.2. The Hall–Kier alpha value is -1.95. The van der Waals surface area contributed by atoms with Crippen molar-refractivity contribution in [3.8, 4) is 0 Å². The summed E-state index contributed by atoms with van der Waals surface area (Å²) in [6, 6.07) is 3.61. The zero-order valence-corrected chi connectivity index (χ0v) is 15.6. The van der Waals surface area contributed by atoms with E-state index < -0.39 is 0 Å². The second-order valence-electron chi connectivity index (χ2n) is 8.50. The van der Waals surface area contributed by atoms with Gasteiger partial charge in [0.15, 0.2) is 0 Å². The molecule has 0 saturated carbocycles. The Morgan fingerprint density at radius 2 is 2.12 bits per heavy atom. The second kappa shape index (κ2) is 6.65. The van der Waals surface area contributed by atoms with Crippen LogP contribution in [0.25, 0.3) is 0 Å². The van der Waals surface area contributed by atoms with Crippen molar-refractivity contribution in [1.82, 2.24) is 20.1 Å². The quantitative estimate of drug-likeness (QED) is 0.889.